The zero-order chi connectivity index (χ0) is 12.2. The van der Waals surface area contributed by atoms with Crippen molar-refractivity contribution in [2.24, 2.45) is 0 Å². The Labute approximate surface area is 105 Å². The van der Waals surface area contributed by atoms with Gasteiger partial charge in [0.1, 0.15) is 0 Å². The van der Waals surface area contributed by atoms with Gasteiger partial charge in [0.25, 0.3) is 0 Å². The van der Waals surface area contributed by atoms with Gasteiger partial charge in [-0.1, -0.05) is 24.3 Å². The lowest BCUT2D eigenvalue weighted by molar-refractivity contribution is 0.108. The van der Waals surface area contributed by atoms with E-state index >= 15 is 0 Å². The van der Waals surface area contributed by atoms with Crippen LogP contribution >= 0.6 is 0 Å². The number of aromatic nitrogens is 2. The van der Waals surface area contributed by atoms with Gasteiger partial charge in [-0.2, -0.15) is 0 Å². The highest BCUT2D eigenvalue weighted by molar-refractivity contribution is 5.82. The lowest BCUT2D eigenvalue weighted by atomic mass is 10.2. The summed E-state index contributed by atoms with van der Waals surface area (Å²) in [6.45, 7) is 1.20. The van der Waals surface area contributed by atoms with Crippen LogP contribution in [-0.2, 0) is 18.0 Å². The first-order chi connectivity index (χ1) is 8.93. The Morgan fingerprint density at radius 2 is 2.00 bits per heavy atom. The number of nitrogens with zero attached hydrogens (tertiary/aromatic N) is 1. The second kappa shape index (κ2) is 5.02. The Kier molecular flexibility index (Phi) is 3.07. The number of H-pyrrole nitrogens is 1. The summed E-state index contributed by atoms with van der Waals surface area (Å²) >= 11 is 0. The molecular weight excluding hydrogens is 224 g/mol. The fourth-order valence-electron chi connectivity index (χ4n) is 2.01. The molecule has 1 N–H and O–H groups in total. The van der Waals surface area contributed by atoms with Crippen LogP contribution in [0.25, 0.3) is 10.9 Å². The smallest absolute Gasteiger partial charge is 0.0742 e. The van der Waals surface area contributed by atoms with Crippen molar-refractivity contribution in [1.29, 1.82) is 0 Å². The quantitative estimate of drug-likeness (QED) is 0.757. The molecule has 2 heterocycles. The molecule has 0 atom stereocenters. The van der Waals surface area contributed by atoms with Gasteiger partial charge in [0.05, 0.1) is 13.2 Å². The van der Waals surface area contributed by atoms with Gasteiger partial charge in [0.15, 0.2) is 0 Å². The third kappa shape index (κ3) is 2.26. The van der Waals surface area contributed by atoms with Gasteiger partial charge >= 0.3 is 0 Å². The number of rotatable bonds is 4. The Balaban J connectivity index is 1.67. The maximum atomic E-state index is 5.71. The van der Waals surface area contributed by atoms with Crippen LogP contribution < -0.4 is 0 Å². The molecule has 0 unspecified atom stereocenters. The first kappa shape index (κ1) is 11.0. The highest BCUT2D eigenvalue weighted by Gasteiger charge is 2.02. The lowest BCUT2D eigenvalue weighted by Crippen LogP contribution is -1.93. The van der Waals surface area contributed by atoms with E-state index in [1.165, 1.54) is 10.9 Å². The molecule has 3 heteroatoms. The van der Waals surface area contributed by atoms with E-state index in [1.54, 1.807) is 6.20 Å². The van der Waals surface area contributed by atoms with Crippen LogP contribution in [0, 0.1) is 0 Å². The van der Waals surface area contributed by atoms with Crippen molar-refractivity contribution in [3.8, 4) is 0 Å². The molecule has 0 bridgehead atoms. The topological polar surface area (TPSA) is 37.9 Å². The van der Waals surface area contributed by atoms with Gasteiger partial charge < -0.3 is 9.72 Å². The lowest BCUT2D eigenvalue weighted by Gasteiger charge is -2.03. The van der Waals surface area contributed by atoms with Crippen LogP contribution in [0.5, 0.6) is 0 Å². The van der Waals surface area contributed by atoms with E-state index < -0.39 is 0 Å². The largest absolute Gasteiger partial charge is 0.372 e. The zero-order valence-electron chi connectivity index (χ0n) is 9.97. The molecule has 3 aromatic rings. The summed E-state index contributed by atoms with van der Waals surface area (Å²) in [6, 6.07) is 12.2. The Hall–Kier alpha value is -2.13. The molecule has 0 radical (unpaired) electrons. The van der Waals surface area contributed by atoms with Crippen LogP contribution in [-0.4, -0.2) is 9.97 Å². The highest BCUT2D eigenvalue weighted by atomic mass is 16.5. The Morgan fingerprint density at radius 3 is 2.89 bits per heavy atom. The molecule has 0 spiro atoms. The van der Waals surface area contributed by atoms with Gasteiger partial charge in [-0.15, -0.1) is 0 Å². The third-order valence-corrected chi connectivity index (χ3v) is 2.92. The number of hydrogen-bond acceptors (Lipinski definition) is 2. The fraction of sp³-hybridized carbons (Fsp3) is 0.133. The molecule has 3 rings (SSSR count). The van der Waals surface area contributed by atoms with Gasteiger partial charge in [-0.05, 0) is 17.7 Å². The van der Waals surface area contributed by atoms with Gasteiger partial charge in [0.2, 0.25) is 0 Å². The zero-order valence-corrected chi connectivity index (χ0v) is 9.97. The summed E-state index contributed by atoms with van der Waals surface area (Å²) in [7, 11) is 0. The van der Waals surface area contributed by atoms with E-state index in [-0.39, 0.29) is 0 Å². The summed E-state index contributed by atoms with van der Waals surface area (Å²) in [5.41, 5.74) is 3.43. The second-order valence-electron chi connectivity index (χ2n) is 4.21. The first-order valence-electron chi connectivity index (χ1n) is 5.95. The Bertz CT molecular complexity index is 631. The van der Waals surface area contributed by atoms with Crippen LogP contribution in [0.4, 0.5) is 0 Å². The average molecular weight is 238 g/mol. The van der Waals surface area contributed by atoms with Crippen molar-refractivity contribution in [3.05, 3.63) is 66.1 Å². The normalized spacial score (nSPS) is 10.9. The number of fused-ring (bicyclic) bond motifs is 1. The van der Waals surface area contributed by atoms with Crippen molar-refractivity contribution >= 4 is 10.9 Å². The monoisotopic (exact) mass is 238 g/mol. The van der Waals surface area contributed by atoms with E-state index in [0.29, 0.717) is 13.2 Å². The molecular formula is C15H14N2O. The number of benzene rings is 1. The Morgan fingerprint density at radius 1 is 1.06 bits per heavy atom. The van der Waals surface area contributed by atoms with Crippen molar-refractivity contribution in [2.75, 3.05) is 0 Å². The summed E-state index contributed by atoms with van der Waals surface area (Å²) in [5, 5.41) is 1.23. The van der Waals surface area contributed by atoms with Crippen molar-refractivity contribution < 1.29 is 4.74 Å². The number of hydrogen-bond donors (Lipinski definition) is 1. The van der Waals surface area contributed by atoms with E-state index in [2.05, 4.69) is 22.1 Å². The summed E-state index contributed by atoms with van der Waals surface area (Å²) in [4.78, 5) is 7.31. The SMILES string of the molecule is c1cncc(COCc2c[nH]c3ccccc23)c1. The number of aromatic amines is 1. The molecule has 3 nitrogen and oxygen atoms in total. The fourth-order valence-corrected chi connectivity index (χ4v) is 2.01. The molecule has 2 aromatic heterocycles. The third-order valence-electron chi connectivity index (χ3n) is 2.92. The van der Waals surface area contributed by atoms with Crippen LogP contribution in [0.1, 0.15) is 11.1 Å². The molecule has 0 aliphatic rings. The summed E-state index contributed by atoms with van der Waals surface area (Å²) in [5.74, 6) is 0. The van der Waals surface area contributed by atoms with Gasteiger partial charge in [0, 0.05) is 35.1 Å². The summed E-state index contributed by atoms with van der Waals surface area (Å²) in [6.07, 6.45) is 5.60. The average Bonchev–Trinajstić information content (AvgIpc) is 2.84. The van der Waals surface area contributed by atoms with Crippen LogP contribution in [0.2, 0.25) is 0 Å². The minimum absolute atomic E-state index is 0.591. The van der Waals surface area contributed by atoms with Crippen molar-refractivity contribution in [1.82, 2.24) is 9.97 Å². The number of ether oxygens (including phenoxy) is 1. The van der Waals surface area contributed by atoms with Crippen LogP contribution in [0.3, 0.4) is 0 Å². The second-order valence-corrected chi connectivity index (χ2v) is 4.21. The van der Waals surface area contributed by atoms with Crippen LogP contribution in [0.15, 0.2) is 55.0 Å². The van der Waals surface area contributed by atoms with Crippen molar-refractivity contribution in [2.45, 2.75) is 13.2 Å². The minimum atomic E-state index is 0.591. The highest BCUT2D eigenvalue weighted by Crippen LogP contribution is 2.18. The number of para-hydroxylation sites is 1. The molecule has 0 saturated heterocycles. The maximum absolute atomic E-state index is 5.71. The molecule has 0 amide bonds. The van der Waals surface area contributed by atoms with Gasteiger partial charge in [-0.3, -0.25) is 4.98 Å². The number of nitrogens with one attached hydrogen (secondary N) is 1. The predicted molar refractivity (Wildman–Crippen MR) is 71.0 cm³/mol. The predicted octanol–water partition coefficient (Wildman–Crippen LogP) is 3.28. The molecule has 0 aliphatic carbocycles. The molecule has 90 valence electrons. The van der Waals surface area contributed by atoms with E-state index in [1.807, 2.05) is 36.7 Å². The molecule has 0 saturated carbocycles. The molecule has 0 fully saturated rings. The minimum Gasteiger partial charge on any atom is -0.372 e. The molecule has 0 aliphatic heterocycles. The van der Waals surface area contributed by atoms with E-state index in [4.69, 9.17) is 4.74 Å². The van der Waals surface area contributed by atoms with E-state index in [0.717, 1.165) is 11.1 Å². The van der Waals surface area contributed by atoms with E-state index in [9.17, 15) is 0 Å². The first-order valence-corrected chi connectivity index (χ1v) is 5.95. The molecule has 18 heavy (non-hydrogen) atoms. The van der Waals surface area contributed by atoms with Crippen molar-refractivity contribution in [3.63, 3.8) is 0 Å². The standard InChI is InChI=1S/C15H14N2O/c1-2-6-15-14(5-1)13(9-17-15)11-18-10-12-4-3-7-16-8-12/h1-9,17H,10-11H2. The summed E-state index contributed by atoms with van der Waals surface area (Å²) < 4.78 is 5.71. The molecule has 1 aromatic carbocycles. The maximum Gasteiger partial charge on any atom is 0.0742 e. The van der Waals surface area contributed by atoms with Gasteiger partial charge in [-0.25, -0.2) is 0 Å². The number of pyridine rings is 1.